The van der Waals surface area contributed by atoms with Gasteiger partial charge >= 0.3 is 215 Å². The zero-order valence-electron chi connectivity index (χ0n) is 21.1. The van der Waals surface area contributed by atoms with E-state index in [1.165, 1.54) is 51.4 Å². The predicted octanol–water partition coefficient (Wildman–Crippen LogP) is 9.31. The monoisotopic (exact) mass is 654 g/mol. The first-order valence-corrected chi connectivity index (χ1v) is 23.3. The molecule has 0 saturated heterocycles. The van der Waals surface area contributed by atoms with E-state index in [-0.39, 0.29) is 21.1 Å². The van der Waals surface area contributed by atoms with E-state index >= 15 is 0 Å². The van der Waals surface area contributed by atoms with Gasteiger partial charge in [-0.1, -0.05) is 0 Å². The van der Waals surface area contributed by atoms with E-state index in [0.29, 0.717) is 0 Å². The summed E-state index contributed by atoms with van der Waals surface area (Å²) in [4.78, 5) is 0. The summed E-state index contributed by atoms with van der Waals surface area (Å²) < 4.78 is 18.7. The van der Waals surface area contributed by atoms with Crippen LogP contribution in [0.1, 0.15) is 79.1 Å². The Labute approximate surface area is 214 Å². The van der Waals surface area contributed by atoms with Gasteiger partial charge in [-0.05, 0) is 0 Å². The molecule has 4 heteroatoms. The van der Waals surface area contributed by atoms with Crippen LogP contribution in [-0.4, -0.2) is 40.3 Å². The van der Waals surface area contributed by atoms with E-state index in [2.05, 4.69) is 52.0 Å². The summed E-state index contributed by atoms with van der Waals surface area (Å²) in [5.74, 6) is 1.93. The van der Waals surface area contributed by atoms with Crippen molar-refractivity contribution in [2.24, 2.45) is 0 Å². The summed E-state index contributed by atoms with van der Waals surface area (Å²) in [5, 5.41) is 0. The topological polar surface area (TPSA) is 18.5 Å². The first-order chi connectivity index (χ1) is 15.7. The minimum absolute atomic E-state index is 0.149. The Morgan fingerprint density at radius 1 is 0.562 bits per heavy atom. The molecule has 2 aromatic rings. The van der Waals surface area contributed by atoms with Gasteiger partial charge in [-0.25, -0.2) is 0 Å². The molecule has 0 heterocycles. The molecule has 0 spiro atoms. The molecule has 178 valence electrons. The second-order valence-electron chi connectivity index (χ2n) is 8.41. The van der Waals surface area contributed by atoms with Gasteiger partial charge in [-0.3, -0.25) is 0 Å². The van der Waals surface area contributed by atoms with Crippen LogP contribution >= 0.6 is 0 Å². The number of hydrogen-bond donors (Lipinski definition) is 0. The van der Waals surface area contributed by atoms with Crippen molar-refractivity contribution in [1.29, 1.82) is 0 Å². The van der Waals surface area contributed by atoms with Crippen LogP contribution in [0.15, 0.2) is 60.7 Å². The molecule has 0 atom stereocenters. The number of hydrogen-bond acceptors (Lipinski definition) is 2. The van der Waals surface area contributed by atoms with Crippen LogP contribution in [0.2, 0.25) is 17.7 Å². The molecular weight excluding hydrogens is 606 g/mol. The summed E-state index contributed by atoms with van der Waals surface area (Å²) in [7, 11) is 0. The number of benzene rings is 2. The Hall–Kier alpha value is -0.363. The van der Waals surface area contributed by atoms with Gasteiger partial charge in [0.05, 0.1) is 0 Å². The second-order valence-corrected chi connectivity index (χ2v) is 21.9. The summed E-state index contributed by atoms with van der Waals surface area (Å²) >= 11 is -3.06. The molecule has 2 rings (SSSR count). The number of para-hydroxylation sites is 2. The fraction of sp³-hybridized carbons (Fsp3) is 0.571. The van der Waals surface area contributed by atoms with E-state index in [9.17, 15) is 0 Å². The first kappa shape index (κ1) is 29.7. The van der Waals surface area contributed by atoms with Crippen molar-refractivity contribution >= 4 is 40.3 Å². The fourth-order valence-electron chi connectivity index (χ4n) is 3.38. The molecule has 0 unspecified atom stereocenters. The second kappa shape index (κ2) is 20.0. The van der Waals surface area contributed by atoms with Gasteiger partial charge < -0.3 is 0 Å². The van der Waals surface area contributed by atoms with Gasteiger partial charge in [0, 0.05) is 0 Å². The van der Waals surface area contributed by atoms with Crippen molar-refractivity contribution in [3.63, 3.8) is 0 Å². The van der Waals surface area contributed by atoms with Gasteiger partial charge in [0.25, 0.3) is 0 Å². The van der Waals surface area contributed by atoms with Crippen LogP contribution < -0.4 is 6.15 Å². The van der Waals surface area contributed by atoms with Crippen molar-refractivity contribution in [2.45, 2.75) is 96.8 Å². The van der Waals surface area contributed by atoms with Crippen LogP contribution in [0, 0.1) is 0 Å². The van der Waals surface area contributed by atoms with Crippen molar-refractivity contribution in [3.05, 3.63) is 60.7 Å². The van der Waals surface area contributed by atoms with Crippen molar-refractivity contribution in [2.75, 3.05) is 0 Å². The molecule has 0 aliphatic carbocycles. The van der Waals surface area contributed by atoms with E-state index in [4.69, 9.17) is 6.15 Å². The van der Waals surface area contributed by atoms with E-state index < -0.39 is 19.2 Å². The fourth-order valence-corrected chi connectivity index (χ4v) is 17.9. The summed E-state index contributed by atoms with van der Waals surface area (Å²) in [5.41, 5.74) is 0. The SMILES string of the molecule is CCC[CH2][Sn]([CH2]CCC)([O]c1ccccc1)[O]c1ccccc1.CCC[CH2][Sn][CH2]CCC. The Morgan fingerprint density at radius 3 is 1.28 bits per heavy atom. The molecule has 0 amide bonds. The third kappa shape index (κ3) is 14.0. The average molecular weight is 652 g/mol. The maximum atomic E-state index is 6.60. The van der Waals surface area contributed by atoms with Crippen LogP contribution in [0.5, 0.6) is 11.5 Å². The zero-order chi connectivity index (χ0) is 23.3. The molecular formula is C28H46O2Sn2. The average Bonchev–Trinajstić information content (AvgIpc) is 2.83. The molecule has 0 saturated carbocycles. The molecule has 0 aliphatic rings. The minimum atomic E-state index is -3.21. The molecule has 0 aliphatic heterocycles. The Balaban J connectivity index is 0.000000482. The molecule has 2 radical (unpaired) electrons. The van der Waals surface area contributed by atoms with Gasteiger partial charge in [0.1, 0.15) is 0 Å². The van der Waals surface area contributed by atoms with Crippen LogP contribution in [0.4, 0.5) is 0 Å². The molecule has 0 fully saturated rings. The normalized spacial score (nSPS) is 10.9. The van der Waals surface area contributed by atoms with Gasteiger partial charge in [0.15, 0.2) is 0 Å². The molecule has 0 bridgehead atoms. The van der Waals surface area contributed by atoms with E-state index in [1.54, 1.807) is 8.87 Å². The van der Waals surface area contributed by atoms with Gasteiger partial charge in [0.2, 0.25) is 0 Å². The predicted molar refractivity (Wildman–Crippen MR) is 145 cm³/mol. The van der Waals surface area contributed by atoms with Crippen LogP contribution in [-0.2, 0) is 0 Å². The molecule has 32 heavy (non-hydrogen) atoms. The molecule has 0 N–H and O–H groups in total. The summed E-state index contributed by atoms with van der Waals surface area (Å²) in [6, 6.07) is 20.4. The quantitative estimate of drug-likeness (QED) is 0.133. The molecule has 0 aromatic heterocycles. The Kier molecular flexibility index (Phi) is 18.6. The van der Waals surface area contributed by atoms with Gasteiger partial charge in [-0.15, -0.1) is 0 Å². The third-order valence-electron chi connectivity index (χ3n) is 5.33. The number of rotatable bonds is 16. The van der Waals surface area contributed by atoms with Crippen molar-refractivity contribution in [1.82, 2.24) is 0 Å². The van der Waals surface area contributed by atoms with Crippen molar-refractivity contribution < 1.29 is 6.15 Å². The number of unbranched alkanes of at least 4 members (excludes halogenated alkanes) is 4. The third-order valence-corrected chi connectivity index (χ3v) is 19.2. The summed E-state index contributed by atoms with van der Waals surface area (Å²) in [6.45, 7) is 9.06. The Bertz CT molecular complexity index is 591. The van der Waals surface area contributed by atoms with E-state index in [1.807, 2.05) is 36.4 Å². The van der Waals surface area contributed by atoms with Gasteiger partial charge in [-0.2, -0.15) is 0 Å². The maximum absolute atomic E-state index is 6.60. The zero-order valence-corrected chi connectivity index (χ0v) is 26.8. The molecule has 2 nitrogen and oxygen atoms in total. The first-order valence-electron chi connectivity index (χ1n) is 12.9. The van der Waals surface area contributed by atoms with Crippen LogP contribution in [0.25, 0.3) is 0 Å². The Morgan fingerprint density at radius 2 is 0.938 bits per heavy atom. The summed E-state index contributed by atoms with van der Waals surface area (Å²) in [6.07, 6.45) is 10.6. The van der Waals surface area contributed by atoms with Crippen molar-refractivity contribution in [3.8, 4) is 11.5 Å². The van der Waals surface area contributed by atoms with Crippen LogP contribution in [0.3, 0.4) is 0 Å². The standard InChI is InChI=1S/2C6H6O.4C4H9.2Sn/c2*7-6-4-2-1-3-5-6;4*1-3-4-2;;/h2*1-5,7H;4*1,3-4H2,2H3;;/q;;;;;;;+2/p-2. The van der Waals surface area contributed by atoms with E-state index in [0.717, 1.165) is 20.4 Å². The molecule has 2 aromatic carbocycles.